The van der Waals surface area contributed by atoms with Crippen molar-refractivity contribution in [2.24, 2.45) is 17.6 Å². The molecule has 1 heterocycles. The zero-order valence-electron chi connectivity index (χ0n) is 25.0. The lowest BCUT2D eigenvalue weighted by Crippen LogP contribution is -2.51. The predicted molar refractivity (Wildman–Crippen MR) is 163 cm³/mol. The molecule has 4 N–H and O–H groups in total. The molecule has 3 rings (SSSR count). The van der Waals surface area contributed by atoms with Gasteiger partial charge in [-0.2, -0.15) is 4.21 Å². The summed E-state index contributed by atoms with van der Waals surface area (Å²) in [6, 6.07) is 11.3. The Balaban J connectivity index is 2.06. The van der Waals surface area contributed by atoms with Gasteiger partial charge in [0.1, 0.15) is 11.6 Å². The van der Waals surface area contributed by atoms with Crippen molar-refractivity contribution in [3.8, 4) is 0 Å². The molecule has 0 spiro atoms. The Labute approximate surface area is 247 Å². The minimum Gasteiger partial charge on any atom is -0.383 e. The van der Waals surface area contributed by atoms with Crippen LogP contribution < -0.4 is 20.3 Å². The highest BCUT2D eigenvalue weighted by Crippen LogP contribution is 2.39. The number of nitrogens with one attached hydrogen (secondary N) is 1. The van der Waals surface area contributed by atoms with Gasteiger partial charge in [0.15, 0.2) is 0 Å². The number of hydrogen-bond acceptors (Lipinski definition) is 7. The van der Waals surface area contributed by atoms with E-state index in [-0.39, 0.29) is 42.9 Å². The number of halogens is 2. The molecule has 0 radical (unpaired) electrons. The van der Waals surface area contributed by atoms with Crippen LogP contribution in [0.3, 0.4) is 0 Å². The van der Waals surface area contributed by atoms with E-state index in [9.17, 15) is 22.3 Å². The average molecular weight is 614 g/mol. The summed E-state index contributed by atoms with van der Waals surface area (Å²) in [5.41, 5.74) is 7.44. The third-order valence-electron chi connectivity index (χ3n) is 7.35. The number of aromatic nitrogens is 1. The molecule has 1 saturated carbocycles. The van der Waals surface area contributed by atoms with Gasteiger partial charge in [0.05, 0.1) is 32.3 Å². The Hall–Kier alpha value is -2.71. The molecule has 1 fully saturated rings. The zero-order chi connectivity index (χ0) is 31.1. The maximum absolute atomic E-state index is 13.8. The van der Waals surface area contributed by atoms with Gasteiger partial charge in [-0.15, -0.1) is 9.53 Å². The number of pyridine rings is 1. The van der Waals surface area contributed by atoms with Crippen LogP contribution in [0.5, 0.6) is 0 Å². The molecule has 4 atom stereocenters. The highest BCUT2D eigenvalue weighted by atomic mass is 32.3. The van der Waals surface area contributed by atoms with E-state index in [1.165, 1.54) is 48.1 Å². The monoisotopic (exact) mass is 613 g/mol. The van der Waals surface area contributed by atoms with Crippen LogP contribution in [-0.2, 0) is 25.4 Å². The van der Waals surface area contributed by atoms with E-state index < -0.39 is 40.5 Å². The fourth-order valence-corrected chi connectivity index (χ4v) is 6.07. The standard InChI is InChI=1S/C29H45F2N5O5S/c1-20-13-23(20)17-35(18-26(30)31)27-15-22(16-28(34-27)36(11-12-40-2)42(4,5,38)39)29(37)33-25(24(32)19-41-3)14-21-9-7-6-8-10-21/h6-10,15-16,20,23-26H,11-14,17-19,32H2,1-5H3,(H,33,37)(H,38,39)/t20?,23?,24?,25-/m0/s1. The molecule has 2 aromatic rings. The molecule has 1 aromatic heterocycles. The van der Waals surface area contributed by atoms with E-state index in [1.54, 1.807) is 0 Å². The zero-order valence-corrected chi connectivity index (χ0v) is 25.9. The average Bonchev–Trinajstić information content (AvgIpc) is 3.61. The van der Waals surface area contributed by atoms with E-state index in [2.05, 4.69) is 17.2 Å². The molecule has 1 aromatic carbocycles. The van der Waals surface area contributed by atoms with Crippen LogP contribution in [0.25, 0.3) is 0 Å². The summed E-state index contributed by atoms with van der Waals surface area (Å²) in [4.78, 5) is 19.8. The van der Waals surface area contributed by atoms with Gasteiger partial charge < -0.3 is 25.4 Å². The van der Waals surface area contributed by atoms with Crippen molar-refractivity contribution in [3.63, 3.8) is 0 Å². The lowest BCUT2D eigenvalue weighted by atomic mass is 9.99. The van der Waals surface area contributed by atoms with Gasteiger partial charge in [-0.25, -0.2) is 13.8 Å². The van der Waals surface area contributed by atoms with Crippen LogP contribution >= 0.6 is 0 Å². The number of nitrogens with zero attached hydrogens (tertiary/aromatic N) is 3. The maximum atomic E-state index is 13.8. The van der Waals surface area contributed by atoms with Gasteiger partial charge in [-0.05, 0) is 42.4 Å². The lowest BCUT2D eigenvalue weighted by Gasteiger charge is -2.46. The molecule has 13 heteroatoms. The molecule has 0 aliphatic heterocycles. The molecule has 3 unspecified atom stereocenters. The van der Waals surface area contributed by atoms with Gasteiger partial charge in [-0.3, -0.25) is 13.7 Å². The second-order valence-electron chi connectivity index (χ2n) is 11.5. The number of amides is 1. The number of ether oxygens (including phenoxy) is 2. The smallest absolute Gasteiger partial charge is 0.255 e. The van der Waals surface area contributed by atoms with Crippen LogP contribution in [0.1, 0.15) is 29.3 Å². The highest BCUT2D eigenvalue weighted by molar-refractivity contribution is 8.15. The van der Waals surface area contributed by atoms with Crippen molar-refractivity contribution in [2.45, 2.75) is 38.3 Å². The molecule has 1 aliphatic carbocycles. The third kappa shape index (κ3) is 9.94. The summed E-state index contributed by atoms with van der Waals surface area (Å²) >= 11 is 0. The van der Waals surface area contributed by atoms with Crippen molar-refractivity contribution in [1.82, 2.24) is 10.3 Å². The van der Waals surface area contributed by atoms with E-state index in [1.807, 2.05) is 30.3 Å². The normalized spacial score (nSPS) is 19.0. The fraction of sp³-hybridized carbons (Fsp3) is 0.586. The first-order valence-corrected chi connectivity index (χ1v) is 16.7. The molecular weight excluding hydrogens is 568 g/mol. The van der Waals surface area contributed by atoms with Crippen LogP contribution in [0.2, 0.25) is 0 Å². The SMILES string of the molecule is COCCN(c1cc(C(=O)N[C@@H](Cc2ccccc2)C(N)COC)cc(N(CC(F)F)CC2CC2C)n1)S(C)(C)(=O)O. The number of carbonyl (C=O) groups excluding carboxylic acids is 1. The first-order valence-electron chi connectivity index (χ1n) is 14.0. The second-order valence-corrected chi connectivity index (χ2v) is 15.4. The molecule has 42 heavy (non-hydrogen) atoms. The summed E-state index contributed by atoms with van der Waals surface area (Å²) in [7, 11) is -1.47. The number of nitrogens with two attached hydrogens (primary N) is 1. The number of methoxy groups -OCH3 is 2. The Morgan fingerprint density at radius 3 is 2.38 bits per heavy atom. The third-order valence-corrected chi connectivity index (χ3v) is 8.98. The molecular formula is C29H45F2N5O5S. The molecule has 236 valence electrons. The van der Waals surface area contributed by atoms with Crippen molar-refractivity contribution < 1.29 is 31.8 Å². The molecule has 1 amide bonds. The van der Waals surface area contributed by atoms with E-state index >= 15 is 0 Å². The summed E-state index contributed by atoms with van der Waals surface area (Å²) in [6.07, 6.45) is 1.02. The Morgan fingerprint density at radius 2 is 1.83 bits per heavy atom. The summed E-state index contributed by atoms with van der Waals surface area (Å²) in [5.74, 6) is 0.206. The maximum Gasteiger partial charge on any atom is 0.255 e. The minimum atomic E-state index is -4.45. The van der Waals surface area contributed by atoms with E-state index in [4.69, 9.17) is 15.2 Å². The van der Waals surface area contributed by atoms with Crippen LogP contribution in [-0.4, -0.2) is 97.7 Å². The van der Waals surface area contributed by atoms with E-state index in [0.29, 0.717) is 18.9 Å². The van der Waals surface area contributed by atoms with Crippen molar-refractivity contribution in [1.29, 1.82) is 0 Å². The van der Waals surface area contributed by atoms with Crippen molar-refractivity contribution >= 4 is 27.1 Å². The summed E-state index contributed by atoms with van der Waals surface area (Å²) in [6.45, 7) is 2.05. The summed E-state index contributed by atoms with van der Waals surface area (Å²) in [5, 5.41) is 2.98. The van der Waals surface area contributed by atoms with Gasteiger partial charge >= 0.3 is 0 Å². The Morgan fingerprint density at radius 1 is 1.19 bits per heavy atom. The molecule has 1 aliphatic rings. The number of benzene rings is 1. The highest BCUT2D eigenvalue weighted by Gasteiger charge is 2.36. The van der Waals surface area contributed by atoms with Gasteiger partial charge in [-0.1, -0.05) is 37.3 Å². The quantitative estimate of drug-likeness (QED) is 0.248. The van der Waals surface area contributed by atoms with Crippen LogP contribution in [0.4, 0.5) is 20.4 Å². The van der Waals surface area contributed by atoms with Gasteiger partial charge in [0, 0.05) is 44.9 Å². The number of rotatable bonds is 17. The minimum absolute atomic E-state index is 0.00288. The van der Waals surface area contributed by atoms with Crippen LogP contribution in [0.15, 0.2) is 42.5 Å². The van der Waals surface area contributed by atoms with Gasteiger partial charge in [0.2, 0.25) is 0 Å². The van der Waals surface area contributed by atoms with Crippen LogP contribution in [0, 0.1) is 11.8 Å². The molecule has 0 saturated heterocycles. The van der Waals surface area contributed by atoms with E-state index in [0.717, 1.165) is 12.0 Å². The second kappa shape index (κ2) is 14.2. The van der Waals surface area contributed by atoms with Crippen molar-refractivity contribution in [2.75, 3.05) is 68.8 Å². The number of carbonyl (C=O) groups is 1. The number of hydrogen-bond donors (Lipinski definition) is 3. The number of alkyl halides is 2. The largest absolute Gasteiger partial charge is 0.383 e. The number of anilines is 2. The van der Waals surface area contributed by atoms with Gasteiger partial charge in [0.25, 0.3) is 12.3 Å². The van der Waals surface area contributed by atoms with Crippen molar-refractivity contribution in [3.05, 3.63) is 53.6 Å². The molecule has 0 bridgehead atoms. The predicted octanol–water partition coefficient (Wildman–Crippen LogP) is 3.04. The summed E-state index contributed by atoms with van der Waals surface area (Å²) < 4.78 is 63.4. The lowest BCUT2D eigenvalue weighted by molar-refractivity contribution is 0.0913. The topological polar surface area (TPSA) is 130 Å². The fourth-order valence-electron chi connectivity index (χ4n) is 4.84. The Bertz CT molecular complexity index is 1240. The molecule has 10 nitrogen and oxygen atoms in total. The first-order chi connectivity index (χ1) is 19.7. The first kappa shape index (κ1) is 33.8. The Kier molecular flexibility index (Phi) is 11.4.